The van der Waals surface area contributed by atoms with Gasteiger partial charge in [-0.25, -0.2) is 0 Å². The first-order chi connectivity index (χ1) is 13.4. The highest BCUT2D eigenvalue weighted by Gasteiger charge is 2.27. The maximum absolute atomic E-state index is 5.77. The number of rotatable bonds is 3. The van der Waals surface area contributed by atoms with Crippen LogP contribution in [-0.2, 0) is 0 Å². The van der Waals surface area contributed by atoms with E-state index in [1.165, 1.54) is 57.8 Å². The van der Waals surface area contributed by atoms with Crippen molar-refractivity contribution in [2.75, 3.05) is 39.3 Å². The molecule has 0 bridgehead atoms. The van der Waals surface area contributed by atoms with Gasteiger partial charge < -0.3 is 32.3 Å². The molecule has 3 rings (SSSR count). The fourth-order valence-corrected chi connectivity index (χ4v) is 5.22. The average Bonchev–Trinajstić information content (AvgIpc) is 2.71. The van der Waals surface area contributed by atoms with Crippen LogP contribution in [0.15, 0.2) is 0 Å². The highest BCUT2D eigenvalue weighted by molar-refractivity contribution is 4.90. The Morgan fingerprint density at radius 2 is 1.04 bits per heavy atom. The van der Waals surface area contributed by atoms with E-state index >= 15 is 0 Å². The van der Waals surface area contributed by atoms with Gasteiger partial charge in [-0.1, -0.05) is 25.7 Å². The molecule has 5 atom stereocenters. The van der Waals surface area contributed by atoms with Crippen LogP contribution in [0.1, 0.15) is 64.2 Å². The number of hydrogen-bond donors (Lipinski definition) is 6. The summed E-state index contributed by atoms with van der Waals surface area (Å²) in [6, 6.07) is 3.05. The molecular formula is C21H44N6. The second-order valence-electron chi connectivity index (χ2n) is 8.85. The summed E-state index contributed by atoms with van der Waals surface area (Å²) in [6.45, 7) is 6.13. The molecule has 7 N–H and O–H groups in total. The van der Waals surface area contributed by atoms with E-state index in [9.17, 15) is 0 Å². The van der Waals surface area contributed by atoms with Gasteiger partial charge in [-0.3, -0.25) is 0 Å². The summed E-state index contributed by atoms with van der Waals surface area (Å²) < 4.78 is 0. The molecule has 158 valence electrons. The molecule has 2 aliphatic carbocycles. The number of hydrogen-bond acceptors (Lipinski definition) is 6. The van der Waals surface area contributed by atoms with E-state index in [2.05, 4.69) is 26.6 Å². The van der Waals surface area contributed by atoms with Crippen LogP contribution < -0.4 is 32.3 Å². The van der Waals surface area contributed by atoms with Crippen LogP contribution in [0.5, 0.6) is 0 Å². The molecule has 0 spiro atoms. The van der Waals surface area contributed by atoms with E-state index < -0.39 is 0 Å². The van der Waals surface area contributed by atoms with Crippen molar-refractivity contribution in [1.29, 1.82) is 0 Å². The third kappa shape index (κ3) is 7.26. The molecule has 3 aliphatic rings. The Hall–Kier alpha value is -0.240. The van der Waals surface area contributed by atoms with E-state index in [0.29, 0.717) is 30.2 Å². The molecule has 1 saturated heterocycles. The predicted octanol–water partition coefficient (Wildman–Crippen LogP) is 0.678. The summed E-state index contributed by atoms with van der Waals surface area (Å²) in [6.07, 6.45) is 13.0. The Morgan fingerprint density at radius 1 is 0.593 bits per heavy atom. The van der Waals surface area contributed by atoms with Crippen LogP contribution in [0, 0.1) is 0 Å². The monoisotopic (exact) mass is 380 g/mol. The number of nitrogens with two attached hydrogens (primary N) is 1. The van der Waals surface area contributed by atoms with Crippen molar-refractivity contribution < 1.29 is 0 Å². The van der Waals surface area contributed by atoms with Crippen molar-refractivity contribution in [3.05, 3.63) is 0 Å². The first kappa shape index (κ1) is 21.5. The average molecular weight is 381 g/mol. The van der Waals surface area contributed by atoms with Gasteiger partial charge in [0.05, 0.1) is 0 Å². The van der Waals surface area contributed by atoms with Gasteiger partial charge in [-0.2, -0.15) is 0 Å². The van der Waals surface area contributed by atoms with Crippen molar-refractivity contribution >= 4 is 0 Å². The van der Waals surface area contributed by atoms with Gasteiger partial charge in [0.1, 0.15) is 0 Å². The van der Waals surface area contributed by atoms with Gasteiger partial charge in [-0.05, 0) is 45.1 Å². The molecule has 6 nitrogen and oxygen atoms in total. The lowest BCUT2D eigenvalue weighted by atomic mass is 9.89. The zero-order chi connectivity index (χ0) is 18.7. The molecule has 27 heavy (non-hydrogen) atoms. The van der Waals surface area contributed by atoms with Gasteiger partial charge in [0.2, 0.25) is 0 Å². The second-order valence-corrected chi connectivity index (χ2v) is 8.85. The fraction of sp³-hybridized carbons (Fsp3) is 1.00. The van der Waals surface area contributed by atoms with Crippen LogP contribution in [0.25, 0.3) is 0 Å². The Balaban J connectivity index is 1.58. The highest BCUT2D eigenvalue weighted by Crippen LogP contribution is 2.20. The minimum atomic E-state index is 0.531. The molecule has 0 aromatic rings. The molecule has 0 radical (unpaired) electrons. The fourth-order valence-electron chi connectivity index (χ4n) is 5.22. The lowest BCUT2D eigenvalue weighted by Gasteiger charge is -2.35. The van der Waals surface area contributed by atoms with E-state index in [1.807, 2.05) is 0 Å². The summed E-state index contributed by atoms with van der Waals surface area (Å²) in [4.78, 5) is 0. The van der Waals surface area contributed by atoms with E-state index in [-0.39, 0.29) is 0 Å². The molecule has 1 heterocycles. The van der Waals surface area contributed by atoms with E-state index in [0.717, 1.165) is 45.7 Å². The summed E-state index contributed by atoms with van der Waals surface area (Å²) in [7, 11) is 0. The van der Waals surface area contributed by atoms with E-state index in [1.54, 1.807) is 0 Å². The first-order valence-corrected chi connectivity index (χ1v) is 11.7. The highest BCUT2D eigenvalue weighted by atomic mass is 15.1. The maximum atomic E-state index is 5.77. The Bertz CT molecular complexity index is 393. The quantitative estimate of drug-likeness (QED) is 0.432. The van der Waals surface area contributed by atoms with Gasteiger partial charge in [0.25, 0.3) is 0 Å². The molecule has 0 aromatic heterocycles. The van der Waals surface area contributed by atoms with Crippen molar-refractivity contribution in [1.82, 2.24) is 26.6 Å². The minimum absolute atomic E-state index is 0.531. The van der Waals surface area contributed by atoms with Crippen LogP contribution in [0.4, 0.5) is 0 Å². The van der Waals surface area contributed by atoms with Crippen LogP contribution in [-0.4, -0.2) is 69.5 Å². The maximum Gasteiger partial charge on any atom is 0.0221 e. The summed E-state index contributed by atoms with van der Waals surface area (Å²) in [5.41, 5.74) is 5.77. The van der Waals surface area contributed by atoms with Crippen molar-refractivity contribution in [2.45, 2.75) is 94.4 Å². The predicted molar refractivity (Wildman–Crippen MR) is 114 cm³/mol. The van der Waals surface area contributed by atoms with Gasteiger partial charge in [-0.15, -0.1) is 0 Å². The molecule has 3 fully saturated rings. The normalized spacial score (nSPS) is 37.4. The molecule has 0 unspecified atom stereocenters. The van der Waals surface area contributed by atoms with Crippen LogP contribution in [0.2, 0.25) is 0 Å². The minimum Gasteiger partial charge on any atom is -0.330 e. The lowest BCUT2D eigenvalue weighted by molar-refractivity contribution is 0.267. The molecule has 6 heteroatoms. The van der Waals surface area contributed by atoms with Gasteiger partial charge in [0.15, 0.2) is 0 Å². The Kier molecular flexibility index (Phi) is 9.82. The van der Waals surface area contributed by atoms with E-state index in [4.69, 9.17) is 5.73 Å². The zero-order valence-electron chi connectivity index (χ0n) is 17.3. The van der Waals surface area contributed by atoms with Crippen molar-refractivity contribution in [3.8, 4) is 0 Å². The summed E-state index contributed by atoms with van der Waals surface area (Å²) in [5, 5.41) is 19.2. The van der Waals surface area contributed by atoms with Crippen LogP contribution >= 0.6 is 0 Å². The standard InChI is InChI=1S/C21H44N6/c22-11-5-6-17-16-27-21-10-4-3-9-20(21)26-15-14-25-19-8-2-1-7-18(19)24-13-12-23-17/h17-21,23-27H,1-16,22H2/t17-,18+,19+,20+,21+/m0/s1. The van der Waals surface area contributed by atoms with Crippen LogP contribution in [0.3, 0.4) is 0 Å². The molecule has 2 saturated carbocycles. The number of fused-ring (bicyclic) bond motifs is 2. The Morgan fingerprint density at radius 3 is 1.52 bits per heavy atom. The lowest BCUT2D eigenvalue weighted by Crippen LogP contribution is -2.54. The van der Waals surface area contributed by atoms with Crippen molar-refractivity contribution in [2.24, 2.45) is 5.73 Å². The third-order valence-corrected chi connectivity index (χ3v) is 6.82. The molecule has 0 amide bonds. The molecule has 1 aliphatic heterocycles. The summed E-state index contributed by atoms with van der Waals surface area (Å²) in [5.74, 6) is 0. The number of nitrogens with one attached hydrogen (secondary N) is 5. The molecular weight excluding hydrogens is 336 g/mol. The SMILES string of the molecule is NCCC[C@H]1CN[C@@H]2CCCC[C@H]2NCCN[C@@H]2CCCC[C@H]2NCCN1. The summed E-state index contributed by atoms with van der Waals surface area (Å²) >= 11 is 0. The molecule has 0 aromatic carbocycles. The topological polar surface area (TPSA) is 86.2 Å². The van der Waals surface area contributed by atoms with Gasteiger partial charge >= 0.3 is 0 Å². The zero-order valence-corrected chi connectivity index (χ0v) is 17.3. The van der Waals surface area contributed by atoms with Crippen molar-refractivity contribution in [3.63, 3.8) is 0 Å². The smallest absolute Gasteiger partial charge is 0.0221 e. The second kappa shape index (κ2) is 12.3. The third-order valence-electron chi connectivity index (χ3n) is 6.82. The van der Waals surface area contributed by atoms with Gasteiger partial charge in [0, 0.05) is 62.9 Å². The first-order valence-electron chi connectivity index (χ1n) is 11.7. The largest absolute Gasteiger partial charge is 0.330 e. The Labute approximate surface area is 166 Å².